The summed E-state index contributed by atoms with van der Waals surface area (Å²) in [5, 5.41) is 0. The van der Waals surface area contributed by atoms with Crippen LogP contribution in [0, 0.1) is 10.8 Å². The van der Waals surface area contributed by atoms with Gasteiger partial charge in [0.25, 0.3) is 0 Å². The quantitative estimate of drug-likeness (QED) is 0.541. The topological polar surface area (TPSA) is 44.8 Å². The van der Waals surface area contributed by atoms with Gasteiger partial charge in [0.2, 0.25) is 0 Å². The van der Waals surface area contributed by atoms with Crippen LogP contribution in [0.25, 0.3) is 0 Å². The van der Waals surface area contributed by atoms with Gasteiger partial charge in [-0.3, -0.25) is 4.79 Å². The normalized spacial score (nSPS) is 47.6. The predicted octanol–water partition coefficient (Wildman–Crippen LogP) is 3.00. The molecule has 4 atom stereocenters. The first kappa shape index (κ1) is 13.4. The molecule has 4 aliphatic rings. The predicted molar refractivity (Wildman–Crippen MR) is 69.2 cm³/mol. The summed E-state index contributed by atoms with van der Waals surface area (Å²) < 4.78 is 5.57. The highest BCUT2D eigenvalue weighted by Gasteiger charge is 2.69. The molecule has 2 saturated carbocycles. The van der Waals surface area contributed by atoms with Crippen LogP contribution in [0.1, 0.15) is 59.8 Å². The Hall–Kier alpha value is -0.610. The maximum Gasteiger partial charge on any atom is 0.302 e. The fourth-order valence-corrected chi connectivity index (χ4v) is 4.80. The summed E-state index contributed by atoms with van der Waals surface area (Å²) >= 11 is 0. The van der Waals surface area contributed by atoms with E-state index in [2.05, 4.69) is 20.8 Å². The molecule has 4 rings (SSSR count). The van der Waals surface area contributed by atoms with E-state index in [-0.39, 0.29) is 34.6 Å². The number of hydrogen-bond acceptors (Lipinski definition) is 4. The van der Waals surface area contributed by atoms with Crippen LogP contribution in [-0.4, -0.2) is 23.8 Å². The molecule has 0 aromatic carbocycles. The Morgan fingerprint density at radius 3 is 2.53 bits per heavy atom. The highest BCUT2D eigenvalue weighted by molar-refractivity contribution is 5.66. The standard InChI is InChI=1S/C15H24O4/c1-10(16)17-12-6-7-14(4)9-11-5-8-15(14,19-18-11)13(12,2)3/h11-12H,5-9H2,1-4H3. The molecule has 0 N–H and O–H groups in total. The average molecular weight is 268 g/mol. The molecule has 4 nitrogen and oxygen atoms in total. The first-order valence-electron chi connectivity index (χ1n) is 7.32. The van der Waals surface area contributed by atoms with Crippen LogP contribution < -0.4 is 0 Å². The molecule has 2 saturated heterocycles. The number of carbonyl (C=O) groups excluding carboxylic acids is 1. The van der Waals surface area contributed by atoms with Gasteiger partial charge in [0.05, 0.1) is 6.10 Å². The molecule has 19 heavy (non-hydrogen) atoms. The minimum Gasteiger partial charge on any atom is -0.462 e. The van der Waals surface area contributed by atoms with Crippen molar-refractivity contribution in [3.05, 3.63) is 0 Å². The SMILES string of the molecule is CC(=O)OC1CCC2(C)CC3CCC2(OO3)C1(C)C. The maximum absolute atomic E-state index is 11.3. The minimum atomic E-state index is -0.326. The van der Waals surface area contributed by atoms with Gasteiger partial charge in [0, 0.05) is 17.8 Å². The van der Waals surface area contributed by atoms with Gasteiger partial charge in [-0.2, -0.15) is 0 Å². The molecule has 2 aliphatic carbocycles. The Labute approximate surface area is 114 Å². The third kappa shape index (κ3) is 1.62. The van der Waals surface area contributed by atoms with E-state index in [1.165, 1.54) is 6.92 Å². The van der Waals surface area contributed by atoms with Crippen molar-refractivity contribution in [3.63, 3.8) is 0 Å². The molecule has 4 unspecified atom stereocenters. The Morgan fingerprint density at radius 2 is 1.95 bits per heavy atom. The number of rotatable bonds is 1. The summed E-state index contributed by atoms with van der Waals surface area (Å²) in [6.45, 7) is 8.12. The second-order valence-corrected chi connectivity index (χ2v) is 7.29. The van der Waals surface area contributed by atoms with Gasteiger partial charge >= 0.3 is 5.97 Å². The smallest absolute Gasteiger partial charge is 0.302 e. The molecule has 0 amide bonds. The third-order valence-electron chi connectivity index (χ3n) is 5.91. The van der Waals surface area contributed by atoms with E-state index < -0.39 is 0 Å². The lowest BCUT2D eigenvalue weighted by molar-refractivity contribution is -0.496. The van der Waals surface area contributed by atoms with Crippen molar-refractivity contribution >= 4 is 5.97 Å². The highest BCUT2D eigenvalue weighted by Crippen LogP contribution is 2.65. The summed E-state index contributed by atoms with van der Waals surface area (Å²) in [6, 6.07) is 0. The molecule has 0 radical (unpaired) electrons. The van der Waals surface area contributed by atoms with Crippen LogP contribution in [0.4, 0.5) is 0 Å². The minimum absolute atomic E-state index is 0.0867. The molecule has 2 heterocycles. The fraction of sp³-hybridized carbons (Fsp3) is 0.933. The molecular weight excluding hydrogens is 244 g/mol. The zero-order chi connectivity index (χ0) is 13.9. The Morgan fingerprint density at radius 1 is 1.21 bits per heavy atom. The van der Waals surface area contributed by atoms with E-state index in [1.807, 2.05) is 0 Å². The van der Waals surface area contributed by atoms with E-state index in [4.69, 9.17) is 14.5 Å². The number of hydrogen-bond donors (Lipinski definition) is 0. The van der Waals surface area contributed by atoms with E-state index in [1.54, 1.807) is 0 Å². The summed E-state index contributed by atoms with van der Waals surface area (Å²) in [4.78, 5) is 22.8. The molecular formula is C15H24O4. The largest absolute Gasteiger partial charge is 0.462 e. The van der Waals surface area contributed by atoms with Gasteiger partial charge in [-0.05, 0) is 32.1 Å². The Bertz CT molecular complexity index is 395. The van der Waals surface area contributed by atoms with Crippen molar-refractivity contribution < 1.29 is 19.3 Å². The maximum atomic E-state index is 11.3. The van der Waals surface area contributed by atoms with Gasteiger partial charge in [0.15, 0.2) is 0 Å². The van der Waals surface area contributed by atoms with Crippen LogP contribution in [0.5, 0.6) is 0 Å². The van der Waals surface area contributed by atoms with Gasteiger partial charge in [0.1, 0.15) is 11.7 Å². The van der Waals surface area contributed by atoms with Gasteiger partial charge < -0.3 is 4.74 Å². The Kier molecular flexibility index (Phi) is 2.78. The second-order valence-electron chi connectivity index (χ2n) is 7.29. The number of carbonyl (C=O) groups is 1. The van der Waals surface area contributed by atoms with Crippen molar-refractivity contribution in [2.24, 2.45) is 10.8 Å². The van der Waals surface area contributed by atoms with Crippen molar-refractivity contribution in [2.75, 3.05) is 0 Å². The van der Waals surface area contributed by atoms with Crippen LogP contribution in [0.15, 0.2) is 0 Å². The van der Waals surface area contributed by atoms with E-state index in [0.29, 0.717) is 0 Å². The fourth-order valence-electron chi connectivity index (χ4n) is 4.80. The first-order chi connectivity index (χ1) is 8.81. The number of fused-ring (bicyclic) bond motifs is 2. The Balaban J connectivity index is 1.98. The van der Waals surface area contributed by atoms with Gasteiger partial charge in [-0.1, -0.05) is 20.8 Å². The van der Waals surface area contributed by atoms with Crippen molar-refractivity contribution in [3.8, 4) is 0 Å². The molecule has 0 aromatic heterocycles. The van der Waals surface area contributed by atoms with E-state index in [0.717, 1.165) is 32.1 Å². The monoisotopic (exact) mass is 268 g/mol. The van der Waals surface area contributed by atoms with E-state index in [9.17, 15) is 4.79 Å². The van der Waals surface area contributed by atoms with Crippen LogP contribution in [0.2, 0.25) is 0 Å². The molecule has 4 fully saturated rings. The number of ether oxygens (including phenoxy) is 1. The molecule has 4 heteroatoms. The zero-order valence-electron chi connectivity index (χ0n) is 12.3. The van der Waals surface area contributed by atoms with Crippen molar-refractivity contribution in [1.29, 1.82) is 0 Å². The van der Waals surface area contributed by atoms with Crippen LogP contribution in [-0.2, 0) is 19.3 Å². The summed E-state index contributed by atoms with van der Waals surface area (Å²) in [5.41, 5.74) is -0.418. The zero-order valence-corrected chi connectivity index (χ0v) is 12.3. The molecule has 108 valence electrons. The first-order valence-corrected chi connectivity index (χ1v) is 7.32. The van der Waals surface area contributed by atoms with Crippen LogP contribution >= 0.6 is 0 Å². The lowest BCUT2D eigenvalue weighted by Gasteiger charge is -2.66. The molecule has 2 bridgehead atoms. The van der Waals surface area contributed by atoms with Gasteiger partial charge in [-0.15, -0.1) is 0 Å². The van der Waals surface area contributed by atoms with Crippen LogP contribution in [0.3, 0.4) is 0 Å². The molecule has 0 aromatic rings. The third-order valence-corrected chi connectivity index (χ3v) is 5.91. The summed E-state index contributed by atoms with van der Waals surface area (Å²) in [6.07, 6.45) is 5.22. The number of esters is 1. The molecule has 1 spiro atoms. The molecule has 2 aliphatic heterocycles. The summed E-state index contributed by atoms with van der Waals surface area (Å²) in [5.74, 6) is -0.205. The lowest BCUT2D eigenvalue weighted by atomic mass is 9.47. The van der Waals surface area contributed by atoms with Gasteiger partial charge in [-0.25, -0.2) is 9.78 Å². The second kappa shape index (κ2) is 3.95. The highest BCUT2D eigenvalue weighted by atomic mass is 17.2. The van der Waals surface area contributed by atoms with Crippen molar-refractivity contribution in [2.45, 2.75) is 77.6 Å². The lowest BCUT2D eigenvalue weighted by Crippen LogP contribution is -2.71. The summed E-state index contributed by atoms with van der Waals surface area (Å²) in [7, 11) is 0. The van der Waals surface area contributed by atoms with E-state index >= 15 is 0 Å². The average Bonchev–Trinajstić information content (AvgIpc) is 2.33. The van der Waals surface area contributed by atoms with Crippen molar-refractivity contribution in [1.82, 2.24) is 0 Å².